The Bertz CT molecular complexity index is 626. The van der Waals surface area contributed by atoms with E-state index in [9.17, 15) is 20.0 Å². The van der Waals surface area contributed by atoms with Crippen LogP contribution in [0.1, 0.15) is 18.9 Å². The van der Waals surface area contributed by atoms with Gasteiger partial charge in [0.15, 0.2) is 0 Å². The van der Waals surface area contributed by atoms with E-state index in [0.717, 1.165) is 6.42 Å². The first-order valence-corrected chi connectivity index (χ1v) is 7.93. The van der Waals surface area contributed by atoms with Crippen molar-refractivity contribution in [3.8, 4) is 0 Å². The Labute approximate surface area is 134 Å². The molecule has 124 valence electrons. The summed E-state index contributed by atoms with van der Waals surface area (Å²) in [6.45, 7) is 4.25. The molecule has 1 saturated carbocycles. The lowest BCUT2D eigenvalue weighted by Gasteiger charge is -2.36. The number of benzene rings is 1. The predicted octanol–water partition coefficient (Wildman–Crippen LogP) is 1.39. The Morgan fingerprint density at radius 2 is 2.00 bits per heavy atom. The summed E-state index contributed by atoms with van der Waals surface area (Å²) in [5.41, 5.74) is 1.21. The van der Waals surface area contributed by atoms with Gasteiger partial charge in [-0.3, -0.25) is 14.9 Å². The van der Waals surface area contributed by atoms with Crippen LogP contribution in [0.3, 0.4) is 0 Å². The van der Waals surface area contributed by atoms with Crippen molar-refractivity contribution >= 4 is 17.3 Å². The first-order chi connectivity index (χ1) is 11.0. The second kappa shape index (κ2) is 6.16. The molecule has 1 amide bonds. The third kappa shape index (κ3) is 3.14. The Morgan fingerprint density at radius 1 is 1.35 bits per heavy atom. The zero-order chi connectivity index (χ0) is 16.6. The number of anilines is 1. The summed E-state index contributed by atoms with van der Waals surface area (Å²) in [7, 11) is 0. The number of hydrogen-bond acceptors (Lipinski definition) is 5. The molecule has 2 atom stereocenters. The summed E-state index contributed by atoms with van der Waals surface area (Å²) in [5.74, 6) is 0.882. The lowest BCUT2D eigenvalue weighted by atomic mass is 10.1. The van der Waals surface area contributed by atoms with Gasteiger partial charge in [0, 0.05) is 38.2 Å². The highest BCUT2D eigenvalue weighted by Crippen LogP contribution is 2.39. The maximum atomic E-state index is 12.3. The molecule has 3 rings (SSSR count). The van der Waals surface area contributed by atoms with Crippen molar-refractivity contribution in [2.75, 3.05) is 31.1 Å². The van der Waals surface area contributed by atoms with E-state index in [1.54, 1.807) is 12.1 Å². The fourth-order valence-electron chi connectivity index (χ4n) is 3.14. The topological polar surface area (TPSA) is 86.9 Å². The van der Waals surface area contributed by atoms with Crippen molar-refractivity contribution in [2.45, 2.75) is 20.0 Å². The van der Waals surface area contributed by atoms with Gasteiger partial charge in [0.2, 0.25) is 5.91 Å². The summed E-state index contributed by atoms with van der Waals surface area (Å²) < 4.78 is 0. The summed E-state index contributed by atoms with van der Waals surface area (Å²) in [5, 5.41) is 20.5. The van der Waals surface area contributed by atoms with Crippen molar-refractivity contribution in [2.24, 2.45) is 11.8 Å². The van der Waals surface area contributed by atoms with Crippen LogP contribution in [-0.2, 0) is 11.4 Å². The standard InChI is InChI=1S/C16H21N3O4/c1-11-8-13(11)16(21)18-6-4-17(5-7-18)15-9-12(10-20)2-3-14(15)19(22)23/h2-3,9,11,13,20H,4-8,10H2,1H3/t11-,13-/m0/s1. The van der Waals surface area contributed by atoms with Gasteiger partial charge in [0.1, 0.15) is 5.69 Å². The fourth-order valence-corrected chi connectivity index (χ4v) is 3.14. The number of nitrogens with zero attached hydrogens (tertiary/aromatic N) is 3. The molecule has 23 heavy (non-hydrogen) atoms. The molecule has 2 fully saturated rings. The molecule has 1 aliphatic carbocycles. The average molecular weight is 319 g/mol. The minimum Gasteiger partial charge on any atom is -0.392 e. The number of hydrogen-bond donors (Lipinski definition) is 1. The normalized spacial score (nSPS) is 23.7. The number of carbonyl (C=O) groups excluding carboxylic acids is 1. The van der Waals surface area contributed by atoms with Crippen LogP contribution in [0, 0.1) is 22.0 Å². The zero-order valence-electron chi connectivity index (χ0n) is 13.1. The fraction of sp³-hybridized carbons (Fsp3) is 0.562. The molecule has 0 radical (unpaired) electrons. The van der Waals surface area contributed by atoms with Gasteiger partial charge in [-0.25, -0.2) is 0 Å². The van der Waals surface area contributed by atoms with Crippen molar-refractivity contribution in [3.05, 3.63) is 33.9 Å². The number of nitro benzene ring substituents is 1. The van der Waals surface area contributed by atoms with Crippen molar-refractivity contribution in [1.29, 1.82) is 0 Å². The molecule has 0 unspecified atom stereocenters. The molecule has 0 bridgehead atoms. The third-order valence-electron chi connectivity index (χ3n) is 4.78. The predicted molar refractivity (Wildman–Crippen MR) is 85.1 cm³/mol. The second-order valence-corrected chi connectivity index (χ2v) is 6.37. The Morgan fingerprint density at radius 3 is 2.52 bits per heavy atom. The van der Waals surface area contributed by atoms with Gasteiger partial charge in [-0.05, 0) is 30.0 Å². The van der Waals surface area contributed by atoms with Gasteiger partial charge >= 0.3 is 0 Å². The maximum Gasteiger partial charge on any atom is 0.292 e. The first-order valence-electron chi connectivity index (χ1n) is 7.93. The molecular weight excluding hydrogens is 298 g/mol. The summed E-state index contributed by atoms with van der Waals surface area (Å²) in [6.07, 6.45) is 0.975. The summed E-state index contributed by atoms with van der Waals surface area (Å²) in [6, 6.07) is 4.67. The molecule has 2 aliphatic rings. The number of piperazine rings is 1. The quantitative estimate of drug-likeness (QED) is 0.669. The number of amides is 1. The monoisotopic (exact) mass is 319 g/mol. The Hall–Kier alpha value is -2.15. The average Bonchev–Trinajstić information content (AvgIpc) is 3.30. The van der Waals surface area contributed by atoms with Gasteiger partial charge < -0.3 is 14.9 Å². The van der Waals surface area contributed by atoms with Crippen molar-refractivity contribution < 1.29 is 14.8 Å². The van der Waals surface area contributed by atoms with Crippen LogP contribution in [0.25, 0.3) is 0 Å². The van der Waals surface area contributed by atoms with Crippen LogP contribution in [-0.4, -0.2) is 47.0 Å². The number of aliphatic hydroxyl groups excluding tert-OH is 1. The summed E-state index contributed by atoms with van der Waals surface area (Å²) >= 11 is 0. The maximum absolute atomic E-state index is 12.3. The van der Waals surface area contributed by atoms with E-state index in [0.29, 0.717) is 43.3 Å². The minimum atomic E-state index is -0.403. The number of rotatable bonds is 4. The van der Waals surface area contributed by atoms with Gasteiger partial charge in [-0.1, -0.05) is 6.92 Å². The molecule has 0 aromatic heterocycles. The largest absolute Gasteiger partial charge is 0.392 e. The highest BCUT2D eigenvalue weighted by atomic mass is 16.6. The molecule has 1 aromatic carbocycles. The van der Waals surface area contributed by atoms with E-state index < -0.39 is 4.92 Å². The van der Waals surface area contributed by atoms with Gasteiger partial charge in [-0.2, -0.15) is 0 Å². The van der Waals surface area contributed by atoms with E-state index in [1.807, 2.05) is 9.80 Å². The minimum absolute atomic E-state index is 0.0396. The molecule has 7 nitrogen and oxygen atoms in total. The van der Waals surface area contributed by atoms with Crippen LogP contribution in [0.4, 0.5) is 11.4 Å². The van der Waals surface area contributed by atoms with E-state index >= 15 is 0 Å². The Balaban J connectivity index is 1.72. The molecule has 1 N–H and O–H groups in total. The second-order valence-electron chi connectivity index (χ2n) is 6.37. The summed E-state index contributed by atoms with van der Waals surface area (Å²) in [4.78, 5) is 26.9. The first kappa shape index (κ1) is 15.7. The third-order valence-corrected chi connectivity index (χ3v) is 4.78. The number of carbonyl (C=O) groups is 1. The van der Waals surface area contributed by atoms with Crippen LogP contribution < -0.4 is 4.90 Å². The van der Waals surface area contributed by atoms with Crippen LogP contribution >= 0.6 is 0 Å². The lowest BCUT2D eigenvalue weighted by molar-refractivity contribution is -0.384. The molecule has 1 aromatic rings. The number of nitro groups is 1. The van der Waals surface area contributed by atoms with E-state index in [1.165, 1.54) is 6.07 Å². The molecule has 1 heterocycles. The molecular formula is C16H21N3O4. The van der Waals surface area contributed by atoms with Gasteiger partial charge in [0.05, 0.1) is 11.5 Å². The SMILES string of the molecule is C[C@H]1C[C@@H]1C(=O)N1CCN(c2cc(CO)ccc2[N+](=O)[O-])CC1. The molecule has 1 saturated heterocycles. The lowest BCUT2D eigenvalue weighted by Crippen LogP contribution is -2.49. The molecule has 1 aliphatic heterocycles. The smallest absolute Gasteiger partial charge is 0.292 e. The van der Waals surface area contributed by atoms with E-state index in [-0.39, 0.29) is 24.1 Å². The van der Waals surface area contributed by atoms with E-state index in [4.69, 9.17) is 0 Å². The molecule has 0 spiro atoms. The van der Waals surface area contributed by atoms with Crippen molar-refractivity contribution in [1.82, 2.24) is 4.90 Å². The van der Waals surface area contributed by atoms with Crippen molar-refractivity contribution in [3.63, 3.8) is 0 Å². The van der Waals surface area contributed by atoms with Crippen LogP contribution in [0.2, 0.25) is 0 Å². The zero-order valence-corrected chi connectivity index (χ0v) is 13.1. The molecule has 7 heteroatoms. The van der Waals surface area contributed by atoms with Gasteiger partial charge in [-0.15, -0.1) is 0 Å². The van der Waals surface area contributed by atoms with Gasteiger partial charge in [0.25, 0.3) is 5.69 Å². The Kier molecular flexibility index (Phi) is 4.21. The van der Waals surface area contributed by atoms with Crippen LogP contribution in [0.5, 0.6) is 0 Å². The highest BCUT2D eigenvalue weighted by Gasteiger charge is 2.42. The number of aliphatic hydroxyl groups is 1. The van der Waals surface area contributed by atoms with Crippen LogP contribution in [0.15, 0.2) is 18.2 Å². The highest BCUT2D eigenvalue weighted by molar-refractivity contribution is 5.82. The van der Waals surface area contributed by atoms with E-state index in [2.05, 4.69) is 6.92 Å².